The molecule has 0 aliphatic rings. The van der Waals surface area contributed by atoms with E-state index < -0.39 is 10.0 Å². The van der Waals surface area contributed by atoms with E-state index in [0.717, 1.165) is 16.9 Å². The van der Waals surface area contributed by atoms with Gasteiger partial charge in [0.2, 0.25) is 5.13 Å². The first-order valence-corrected chi connectivity index (χ1v) is 8.69. The predicted molar refractivity (Wildman–Crippen MR) is 82.5 cm³/mol. The number of benzene rings is 1. The van der Waals surface area contributed by atoms with Crippen molar-refractivity contribution < 1.29 is 13.2 Å². The van der Waals surface area contributed by atoms with Gasteiger partial charge in [-0.25, -0.2) is 8.42 Å². The summed E-state index contributed by atoms with van der Waals surface area (Å²) in [5, 5.41) is 7.58. The highest BCUT2D eigenvalue weighted by atomic mass is 32.2. The van der Waals surface area contributed by atoms with Gasteiger partial charge in [0.25, 0.3) is 10.0 Å². The lowest BCUT2D eigenvalue weighted by molar-refractivity contribution is 0.410. The van der Waals surface area contributed by atoms with E-state index in [2.05, 4.69) is 14.9 Å². The molecule has 0 fully saturated rings. The van der Waals surface area contributed by atoms with Crippen molar-refractivity contribution >= 4 is 26.5 Å². The molecular weight excluding hydrogens is 310 g/mol. The molecule has 0 bridgehead atoms. The van der Waals surface area contributed by atoms with Crippen molar-refractivity contribution in [1.29, 1.82) is 0 Å². The van der Waals surface area contributed by atoms with Crippen molar-refractivity contribution in [2.75, 3.05) is 11.8 Å². The van der Waals surface area contributed by atoms with Gasteiger partial charge in [0.1, 0.15) is 11.3 Å². The predicted octanol–water partition coefficient (Wildman–Crippen LogP) is 2.78. The largest absolute Gasteiger partial charge is 0.496 e. The summed E-state index contributed by atoms with van der Waals surface area (Å²) in [7, 11) is -2.13. The Morgan fingerprint density at radius 2 is 2.05 bits per heavy atom. The summed E-state index contributed by atoms with van der Waals surface area (Å²) in [6.45, 7) is 5.69. The number of sulfonamides is 1. The minimum atomic E-state index is -3.70. The molecular formula is C13H17N3O3S2. The lowest BCUT2D eigenvalue weighted by atomic mass is 10.0. The van der Waals surface area contributed by atoms with Gasteiger partial charge >= 0.3 is 0 Å². The van der Waals surface area contributed by atoms with Gasteiger partial charge in [0, 0.05) is 0 Å². The molecule has 0 atom stereocenters. The first-order chi connectivity index (χ1) is 9.85. The van der Waals surface area contributed by atoms with Gasteiger partial charge in [-0.1, -0.05) is 25.2 Å². The van der Waals surface area contributed by atoms with Crippen LogP contribution in [0.25, 0.3) is 0 Å². The lowest BCUT2D eigenvalue weighted by Gasteiger charge is -2.16. The minimum absolute atomic E-state index is 0.0421. The molecule has 8 heteroatoms. The zero-order valence-corrected chi connectivity index (χ0v) is 13.9. The van der Waals surface area contributed by atoms with Gasteiger partial charge in [0.15, 0.2) is 0 Å². The van der Waals surface area contributed by atoms with Crippen LogP contribution < -0.4 is 9.46 Å². The third-order valence-electron chi connectivity index (χ3n) is 3.02. The molecule has 2 aromatic rings. The molecule has 2 rings (SSSR count). The molecule has 114 valence electrons. The molecule has 0 saturated heterocycles. The average Bonchev–Trinajstić information content (AvgIpc) is 2.90. The standard InChI is InChI=1S/C13H17N3O3S2/c1-8(2)10-6-11(19-4)9(3)5-12(10)21(17,18)16-13-15-14-7-20-13/h5-8H,1-4H3,(H,15,16). The average molecular weight is 327 g/mol. The lowest BCUT2D eigenvalue weighted by Crippen LogP contribution is -2.16. The van der Waals surface area contributed by atoms with Gasteiger partial charge in [-0.2, -0.15) is 0 Å². The van der Waals surface area contributed by atoms with E-state index in [1.54, 1.807) is 19.2 Å². The van der Waals surface area contributed by atoms with Crippen molar-refractivity contribution in [2.24, 2.45) is 0 Å². The van der Waals surface area contributed by atoms with Crippen LogP contribution in [0, 0.1) is 6.92 Å². The topological polar surface area (TPSA) is 81.2 Å². The molecule has 6 nitrogen and oxygen atoms in total. The summed E-state index contributed by atoms with van der Waals surface area (Å²) in [5.41, 5.74) is 2.94. The molecule has 1 N–H and O–H groups in total. The van der Waals surface area contributed by atoms with E-state index in [1.807, 2.05) is 20.8 Å². The van der Waals surface area contributed by atoms with Crippen LogP contribution in [0.15, 0.2) is 22.5 Å². The Morgan fingerprint density at radius 3 is 2.57 bits per heavy atom. The fraction of sp³-hybridized carbons (Fsp3) is 0.385. The van der Waals surface area contributed by atoms with Crippen LogP contribution in [0.1, 0.15) is 30.9 Å². The van der Waals surface area contributed by atoms with Crippen molar-refractivity contribution in [3.63, 3.8) is 0 Å². The number of hydrogen-bond donors (Lipinski definition) is 1. The van der Waals surface area contributed by atoms with Gasteiger partial charge in [-0.05, 0) is 36.1 Å². The number of anilines is 1. The van der Waals surface area contributed by atoms with E-state index in [1.165, 1.54) is 5.51 Å². The maximum absolute atomic E-state index is 12.6. The number of nitrogens with zero attached hydrogens (tertiary/aromatic N) is 2. The highest BCUT2D eigenvalue weighted by Gasteiger charge is 2.23. The van der Waals surface area contributed by atoms with Gasteiger partial charge in [0.05, 0.1) is 12.0 Å². The molecule has 0 radical (unpaired) electrons. The second-order valence-electron chi connectivity index (χ2n) is 4.86. The van der Waals surface area contributed by atoms with Crippen LogP contribution in [0.5, 0.6) is 5.75 Å². The van der Waals surface area contributed by atoms with E-state index >= 15 is 0 Å². The first kappa shape index (κ1) is 15.7. The van der Waals surface area contributed by atoms with Gasteiger partial charge < -0.3 is 4.74 Å². The Kier molecular flexibility index (Phi) is 4.48. The normalized spacial score (nSPS) is 11.7. The number of aromatic nitrogens is 2. The second kappa shape index (κ2) is 5.98. The maximum atomic E-state index is 12.6. The SMILES string of the molecule is COc1cc(C(C)C)c(S(=O)(=O)Nc2nncs2)cc1C. The summed E-state index contributed by atoms with van der Waals surface area (Å²) in [6, 6.07) is 3.40. The third-order valence-corrected chi connectivity index (χ3v) is 5.15. The van der Waals surface area contributed by atoms with Crippen LogP contribution in [0.3, 0.4) is 0 Å². The summed E-state index contributed by atoms with van der Waals surface area (Å²) in [4.78, 5) is 0.242. The minimum Gasteiger partial charge on any atom is -0.496 e. The van der Waals surface area contributed by atoms with E-state index in [9.17, 15) is 8.42 Å². The summed E-state index contributed by atoms with van der Waals surface area (Å²) in [5.74, 6) is 0.717. The highest BCUT2D eigenvalue weighted by molar-refractivity contribution is 7.93. The molecule has 0 aliphatic carbocycles. The Balaban J connectivity index is 2.53. The van der Waals surface area contributed by atoms with Crippen LogP contribution in [0.2, 0.25) is 0 Å². The Bertz CT molecular complexity index is 725. The van der Waals surface area contributed by atoms with Crippen LogP contribution in [0.4, 0.5) is 5.13 Å². The maximum Gasteiger partial charge on any atom is 0.264 e. The molecule has 0 amide bonds. The fourth-order valence-corrected chi connectivity index (χ4v) is 4.10. The number of nitrogens with one attached hydrogen (secondary N) is 1. The molecule has 1 heterocycles. The molecule has 21 heavy (non-hydrogen) atoms. The van der Waals surface area contributed by atoms with E-state index in [0.29, 0.717) is 11.3 Å². The number of methoxy groups -OCH3 is 1. The smallest absolute Gasteiger partial charge is 0.264 e. The summed E-state index contributed by atoms with van der Waals surface area (Å²) in [6.07, 6.45) is 0. The van der Waals surface area contributed by atoms with E-state index in [-0.39, 0.29) is 15.9 Å². The molecule has 0 unspecified atom stereocenters. The Morgan fingerprint density at radius 1 is 1.33 bits per heavy atom. The highest BCUT2D eigenvalue weighted by Crippen LogP contribution is 2.32. The Hall–Kier alpha value is -1.67. The zero-order valence-electron chi connectivity index (χ0n) is 12.2. The van der Waals surface area contributed by atoms with Gasteiger partial charge in [-0.3, -0.25) is 4.72 Å². The summed E-state index contributed by atoms with van der Waals surface area (Å²) < 4.78 is 32.9. The van der Waals surface area contributed by atoms with Crippen LogP contribution in [-0.2, 0) is 10.0 Å². The van der Waals surface area contributed by atoms with Crippen molar-refractivity contribution in [1.82, 2.24) is 10.2 Å². The number of ether oxygens (including phenoxy) is 1. The first-order valence-electron chi connectivity index (χ1n) is 6.32. The van der Waals surface area contributed by atoms with E-state index in [4.69, 9.17) is 4.74 Å². The number of rotatable bonds is 5. The number of aryl methyl sites for hydroxylation is 1. The number of hydrogen-bond acceptors (Lipinski definition) is 6. The zero-order chi connectivity index (χ0) is 15.6. The molecule has 0 spiro atoms. The fourth-order valence-electron chi connectivity index (χ4n) is 1.97. The van der Waals surface area contributed by atoms with Crippen LogP contribution in [-0.4, -0.2) is 25.7 Å². The monoisotopic (exact) mass is 327 g/mol. The summed E-state index contributed by atoms with van der Waals surface area (Å²) >= 11 is 1.13. The van der Waals surface area contributed by atoms with Crippen molar-refractivity contribution in [3.05, 3.63) is 28.8 Å². The third kappa shape index (κ3) is 3.33. The molecule has 1 aromatic carbocycles. The van der Waals surface area contributed by atoms with Crippen molar-refractivity contribution in [3.8, 4) is 5.75 Å². The quantitative estimate of drug-likeness (QED) is 0.913. The van der Waals surface area contributed by atoms with Gasteiger partial charge in [-0.15, -0.1) is 10.2 Å². The second-order valence-corrected chi connectivity index (χ2v) is 7.35. The molecule has 0 aliphatic heterocycles. The Labute approximate surface area is 128 Å². The van der Waals surface area contributed by atoms with Crippen molar-refractivity contribution in [2.45, 2.75) is 31.6 Å². The molecule has 0 saturated carbocycles. The molecule has 1 aromatic heterocycles. The van der Waals surface area contributed by atoms with Crippen LogP contribution >= 0.6 is 11.3 Å².